The summed E-state index contributed by atoms with van der Waals surface area (Å²) in [4.78, 5) is 24.1. The molecule has 0 saturated carbocycles. The SMILES string of the molecule is Cc1ccccc1C(=O)NCC(=O)N/N=C/c1ccccc1OCc1ccccc1. The van der Waals surface area contributed by atoms with Gasteiger partial charge in [0.1, 0.15) is 12.4 Å². The maximum atomic E-state index is 12.2. The van der Waals surface area contributed by atoms with Gasteiger partial charge in [-0.3, -0.25) is 9.59 Å². The Morgan fingerprint density at radius 3 is 2.43 bits per heavy atom. The summed E-state index contributed by atoms with van der Waals surface area (Å²) in [5, 5.41) is 6.56. The highest BCUT2D eigenvalue weighted by Crippen LogP contribution is 2.17. The van der Waals surface area contributed by atoms with Crippen molar-refractivity contribution in [3.63, 3.8) is 0 Å². The molecular weight excluding hydrogens is 378 g/mol. The molecule has 2 N–H and O–H groups in total. The van der Waals surface area contributed by atoms with Crippen molar-refractivity contribution in [2.45, 2.75) is 13.5 Å². The van der Waals surface area contributed by atoms with Crippen LogP contribution < -0.4 is 15.5 Å². The Hall–Kier alpha value is -3.93. The van der Waals surface area contributed by atoms with Crippen LogP contribution in [0.25, 0.3) is 0 Å². The van der Waals surface area contributed by atoms with Crippen molar-refractivity contribution in [2.24, 2.45) is 5.10 Å². The fraction of sp³-hybridized carbons (Fsp3) is 0.125. The van der Waals surface area contributed by atoms with Crippen molar-refractivity contribution in [2.75, 3.05) is 6.54 Å². The second-order valence-electron chi connectivity index (χ2n) is 6.60. The molecule has 0 fully saturated rings. The molecule has 152 valence electrons. The Morgan fingerprint density at radius 2 is 1.63 bits per heavy atom. The van der Waals surface area contributed by atoms with Crippen LogP contribution in [0.2, 0.25) is 0 Å². The van der Waals surface area contributed by atoms with E-state index in [1.807, 2.05) is 73.7 Å². The van der Waals surface area contributed by atoms with Crippen molar-refractivity contribution >= 4 is 18.0 Å². The summed E-state index contributed by atoms with van der Waals surface area (Å²) in [5.74, 6) is -0.0602. The third-order valence-corrected chi connectivity index (χ3v) is 4.35. The van der Waals surface area contributed by atoms with Gasteiger partial charge >= 0.3 is 0 Å². The van der Waals surface area contributed by atoms with E-state index in [1.54, 1.807) is 12.1 Å². The van der Waals surface area contributed by atoms with Crippen molar-refractivity contribution in [1.29, 1.82) is 0 Å². The maximum Gasteiger partial charge on any atom is 0.259 e. The summed E-state index contributed by atoms with van der Waals surface area (Å²) in [6.45, 7) is 2.11. The number of carbonyl (C=O) groups is 2. The third kappa shape index (κ3) is 6.04. The Kier molecular flexibility index (Phi) is 7.33. The number of aryl methyl sites for hydroxylation is 1. The molecule has 0 heterocycles. The number of benzene rings is 3. The van der Waals surface area contributed by atoms with Crippen LogP contribution in [0.15, 0.2) is 84.0 Å². The fourth-order valence-corrected chi connectivity index (χ4v) is 2.75. The molecule has 3 rings (SSSR count). The Bertz CT molecular complexity index is 1030. The van der Waals surface area contributed by atoms with Gasteiger partial charge in [-0.1, -0.05) is 60.7 Å². The first-order valence-electron chi connectivity index (χ1n) is 9.55. The highest BCUT2D eigenvalue weighted by molar-refractivity contribution is 5.97. The lowest BCUT2D eigenvalue weighted by atomic mass is 10.1. The maximum absolute atomic E-state index is 12.2. The van der Waals surface area contributed by atoms with Gasteiger partial charge in [-0.25, -0.2) is 5.43 Å². The number of nitrogens with zero attached hydrogens (tertiary/aromatic N) is 1. The van der Waals surface area contributed by atoms with Crippen LogP contribution >= 0.6 is 0 Å². The van der Waals surface area contributed by atoms with Gasteiger partial charge in [0.25, 0.3) is 11.8 Å². The summed E-state index contributed by atoms with van der Waals surface area (Å²) in [6.07, 6.45) is 1.52. The number of amides is 2. The summed E-state index contributed by atoms with van der Waals surface area (Å²) < 4.78 is 5.86. The van der Waals surface area contributed by atoms with Crippen LogP contribution in [0.3, 0.4) is 0 Å². The predicted molar refractivity (Wildman–Crippen MR) is 116 cm³/mol. The molecule has 0 aliphatic heterocycles. The van der Waals surface area contributed by atoms with Gasteiger partial charge in [0.2, 0.25) is 0 Å². The van der Waals surface area contributed by atoms with Crippen LogP contribution in [-0.2, 0) is 11.4 Å². The minimum absolute atomic E-state index is 0.170. The van der Waals surface area contributed by atoms with Gasteiger partial charge in [0.05, 0.1) is 12.8 Å². The zero-order chi connectivity index (χ0) is 21.2. The van der Waals surface area contributed by atoms with Gasteiger partial charge in [0, 0.05) is 11.1 Å². The molecule has 6 heteroatoms. The van der Waals surface area contributed by atoms with Crippen molar-refractivity contribution in [1.82, 2.24) is 10.7 Å². The number of hydrazone groups is 1. The molecular formula is C24H23N3O3. The molecule has 0 aromatic heterocycles. The number of para-hydroxylation sites is 1. The third-order valence-electron chi connectivity index (χ3n) is 4.35. The Morgan fingerprint density at radius 1 is 0.933 bits per heavy atom. The minimum Gasteiger partial charge on any atom is -0.488 e. The smallest absolute Gasteiger partial charge is 0.259 e. The minimum atomic E-state index is -0.420. The zero-order valence-electron chi connectivity index (χ0n) is 16.7. The van der Waals surface area contributed by atoms with E-state index in [0.717, 1.165) is 16.7 Å². The van der Waals surface area contributed by atoms with Crippen LogP contribution in [0.4, 0.5) is 0 Å². The quantitative estimate of drug-likeness (QED) is 0.448. The highest BCUT2D eigenvalue weighted by Gasteiger charge is 2.09. The Balaban J connectivity index is 1.50. The van der Waals surface area contributed by atoms with E-state index in [1.165, 1.54) is 6.21 Å². The fourth-order valence-electron chi connectivity index (χ4n) is 2.75. The lowest BCUT2D eigenvalue weighted by Crippen LogP contribution is -2.35. The standard InChI is InChI=1S/C24H23N3O3/c1-18-9-5-7-13-21(18)24(29)25-16-23(28)27-26-15-20-12-6-8-14-22(20)30-17-19-10-3-2-4-11-19/h2-15H,16-17H2,1H3,(H,25,29)(H,27,28)/b26-15+. The molecule has 2 amide bonds. The molecule has 3 aromatic carbocycles. The Labute approximate surface area is 175 Å². The van der Waals surface area contributed by atoms with E-state index >= 15 is 0 Å². The van der Waals surface area contributed by atoms with Crippen LogP contribution in [0.1, 0.15) is 27.0 Å². The number of hydrogen-bond acceptors (Lipinski definition) is 4. The number of nitrogens with one attached hydrogen (secondary N) is 2. The van der Waals surface area contributed by atoms with E-state index in [9.17, 15) is 9.59 Å². The highest BCUT2D eigenvalue weighted by atomic mass is 16.5. The second-order valence-corrected chi connectivity index (χ2v) is 6.60. The molecule has 30 heavy (non-hydrogen) atoms. The molecule has 0 bridgehead atoms. The van der Waals surface area contributed by atoms with Crippen LogP contribution in [0, 0.1) is 6.92 Å². The van der Waals surface area contributed by atoms with E-state index < -0.39 is 5.91 Å². The van der Waals surface area contributed by atoms with E-state index in [0.29, 0.717) is 17.9 Å². The topological polar surface area (TPSA) is 79.8 Å². The van der Waals surface area contributed by atoms with Crippen molar-refractivity contribution in [3.8, 4) is 5.75 Å². The average Bonchev–Trinajstić information content (AvgIpc) is 2.78. The molecule has 6 nitrogen and oxygen atoms in total. The van der Waals surface area contributed by atoms with Gasteiger partial charge in [0.15, 0.2) is 0 Å². The second kappa shape index (κ2) is 10.6. The monoisotopic (exact) mass is 401 g/mol. The van der Waals surface area contributed by atoms with E-state index in [4.69, 9.17) is 4.74 Å². The molecule has 0 aliphatic rings. The number of rotatable bonds is 8. The predicted octanol–water partition coefficient (Wildman–Crippen LogP) is 3.45. The summed E-state index contributed by atoms with van der Waals surface area (Å²) in [7, 11) is 0. The average molecular weight is 401 g/mol. The lowest BCUT2D eigenvalue weighted by molar-refractivity contribution is -0.120. The van der Waals surface area contributed by atoms with Crippen LogP contribution in [-0.4, -0.2) is 24.6 Å². The first-order chi connectivity index (χ1) is 14.6. The molecule has 0 aliphatic carbocycles. The van der Waals surface area contributed by atoms with Crippen LogP contribution in [0.5, 0.6) is 5.75 Å². The first kappa shape index (κ1) is 20.8. The number of carbonyl (C=O) groups excluding carboxylic acids is 2. The normalized spacial score (nSPS) is 10.6. The van der Waals surface area contributed by atoms with Crippen molar-refractivity contribution in [3.05, 3.63) is 101 Å². The van der Waals surface area contributed by atoms with Gasteiger partial charge in [-0.2, -0.15) is 5.10 Å². The van der Waals surface area contributed by atoms with Gasteiger partial charge in [-0.15, -0.1) is 0 Å². The molecule has 0 saturated heterocycles. The molecule has 3 aromatic rings. The van der Waals surface area contributed by atoms with Crippen molar-refractivity contribution < 1.29 is 14.3 Å². The molecule has 0 spiro atoms. The number of hydrogen-bond donors (Lipinski definition) is 2. The summed E-state index contributed by atoms with van der Waals surface area (Å²) >= 11 is 0. The lowest BCUT2D eigenvalue weighted by Gasteiger charge is -2.09. The number of ether oxygens (including phenoxy) is 1. The molecule has 0 unspecified atom stereocenters. The molecule has 0 atom stereocenters. The van der Waals surface area contributed by atoms with Gasteiger partial charge in [-0.05, 0) is 36.2 Å². The van der Waals surface area contributed by atoms with E-state index in [-0.39, 0.29) is 12.5 Å². The summed E-state index contributed by atoms with van der Waals surface area (Å²) in [6, 6.07) is 24.5. The van der Waals surface area contributed by atoms with Gasteiger partial charge < -0.3 is 10.1 Å². The largest absolute Gasteiger partial charge is 0.488 e. The summed E-state index contributed by atoms with van der Waals surface area (Å²) in [5.41, 5.74) is 5.59. The molecule has 0 radical (unpaired) electrons. The zero-order valence-corrected chi connectivity index (χ0v) is 16.7. The van der Waals surface area contributed by atoms with E-state index in [2.05, 4.69) is 15.8 Å². The first-order valence-corrected chi connectivity index (χ1v) is 9.55.